The van der Waals surface area contributed by atoms with Gasteiger partial charge in [0.15, 0.2) is 0 Å². The summed E-state index contributed by atoms with van der Waals surface area (Å²) >= 11 is 3.54. The van der Waals surface area contributed by atoms with E-state index in [9.17, 15) is 4.79 Å². The van der Waals surface area contributed by atoms with Crippen LogP contribution in [0.4, 0.5) is 5.69 Å². The molecule has 2 unspecified atom stereocenters. The van der Waals surface area contributed by atoms with Crippen LogP contribution in [0.3, 0.4) is 0 Å². The van der Waals surface area contributed by atoms with Gasteiger partial charge >= 0.3 is 0 Å². The topological polar surface area (TPSA) is 41.1 Å². The van der Waals surface area contributed by atoms with Gasteiger partial charge in [0.25, 0.3) is 0 Å². The van der Waals surface area contributed by atoms with Gasteiger partial charge in [-0.3, -0.25) is 4.79 Å². The van der Waals surface area contributed by atoms with Crippen molar-refractivity contribution in [3.8, 4) is 0 Å². The Kier molecular flexibility index (Phi) is 5.82. The molecule has 21 heavy (non-hydrogen) atoms. The van der Waals surface area contributed by atoms with Crippen molar-refractivity contribution in [3.63, 3.8) is 0 Å². The molecule has 4 heteroatoms. The average molecular weight is 353 g/mol. The van der Waals surface area contributed by atoms with Crippen molar-refractivity contribution in [3.05, 3.63) is 27.7 Å². The van der Waals surface area contributed by atoms with Crippen molar-refractivity contribution in [2.24, 2.45) is 11.8 Å². The number of amides is 1. The number of piperidine rings is 1. The molecule has 2 N–H and O–H groups in total. The fraction of sp³-hybridized carbons (Fsp3) is 0.588. The van der Waals surface area contributed by atoms with Gasteiger partial charge in [0.2, 0.25) is 5.91 Å². The summed E-state index contributed by atoms with van der Waals surface area (Å²) in [4.78, 5) is 12.3. The minimum Gasteiger partial charge on any atom is -0.325 e. The second-order valence-electron chi connectivity index (χ2n) is 6.27. The molecule has 0 bridgehead atoms. The molecule has 1 aromatic rings. The van der Waals surface area contributed by atoms with Gasteiger partial charge in [-0.15, -0.1) is 0 Å². The van der Waals surface area contributed by atoms with Crippen LogP contribution in [0.5, 0.6) is 0 Å². The summed E-state index contributed by atoms with van der Waals surface area (Å²) in [5.41, 5.74) is 3.20. The first kappa shape index (κ1) is 16.5. The molecule has 1 saturated heterocycles. The predicted molar refractivity (Wildman–Crippen MR) is 91.6 cm³/mol. The minimum atomic E-state index is 0.112. The number of anilines is 1. The fourth-order valence-electron chi connectivity index (χ4n) is 3.09. The second kappa shape index (κ2) is 7.41. The Bertz CT molecular complexity index is 487. The molecule has 1 heterocycles. The van der Waals surface area contributed by atoms with Crippen LogP contribution in [-0.4, -0.2) is 19.0 Å². The standard InChI is InChI=1S/C17H25BrN2O/c1-11-7-13(3)17(15(18)8-11)20-16(21)9-12(2)14-5-4-6-19-10-14/h7-8,12,14,19H,4-6,9-10H2,1-3H3,(H,20,21). The third-order valence-corrected chi connectivity index (χ3v) is 4.97. The van der Waals surface area contributed by atoms with Gasteiger partial charge in [-0.2, -0.15) is 0 Å². The molecule has 1 aliphatic heterocycles. The zero-order valence-electron chi connectivity index (χ0n) is 13.1. The highest BCUT2D eigenvalue weighted by Gasteiger charge is 2.22. The van der Waals surface area contributed by atoms with E-state index in [0.717, 1.165) is 28.8 Å². The zero-order valence-corrected chi connectivity index (χ0v) is 14.7. The highest BCUT2D eigenvalue weighted by Crippen LogP contribution is 2.29. The molecule has 1 fully saturated rings. The molecular weight excluding hydrogens is 328 g/mol. The van der Waals surface area contributed by atoms with Crippen LogP contribution < -0.4 is 10.6 Å². The number of carbonyl (C=O) groups is 1. The van der Waals surface area contributed by atoms with Crippen molar-refractivity contribution in [1.29, 1.82) is 0 Å². The summed E-state index contributed by atoms with van der Waals surface area (Å²) in [5, 5.41) is 6.49. The van der Waals surface area contributed by atoms with E-state index in [2.05, 4.69) is 46.5 Å². The lowest BCUT2D eigenvalue weighted by molar-refractivity contribution is -0.117. The highest BCUT2D eigenvalue weighted by molar-refractivity contribution is 9.10. The summed E-state index contributed by atoms with van der Waals surface area (Å²) in [5.74, 6) is 1.15. The highest BCUT2D eigenvalue weighted by atomic mass is 79.9. The summed E-state index contributed by atoms with van der Waals surface area (Å²) in [6.45, 7) is 8.43. The lowest BCUT2D eigenvalue weighted by Crippen LogP contribution is -2.34. The summed E-state index contributed by atoms with van der Waals surface area (Å²) in [6.07, 6.45) is 3.04. The van der Waals surface area contributed by atoms with Crippen LogP contribution in [0, 0.1) is 25.7 Å². The number of nitrogens with one attached hydrogen (secondary N) is 2. The summed E-state index contributed by atoms with van der Waals surface area (Å²) in [6, 6.07) is 4.13. The Morgan fingerprint density at radius 1 is 1.48 bits per heavy atom. The maximum absolute atomic E-state index is 12.3. The van der Waals surface area contributed by atoms with Crippen LogP contribution in [-0.2, 0) is 4.79 Å². The van der Waals surface area contributed by atoms with Gasteiger partial charge in [-0.1, -0.05) is 13.0 Å². The lowest BCUT2D eigenvalue weighted by Gasteiger charge is -2.28. The fourth-order valence-corrected chi connectivity index (χ4v) is 3.86. The normalized spacial score (nSPS) is 20.1. The van der Waals surface area contributed by atoms with Gasteiger partial charge in [0, 0.05) is 10.9 Å². The van der Waals surface area contributed by atoms with Crippen molar-refractivity contribution in [1.82, 2.24) is 5.32 Å². The third-order valence-electron chi connectivity index (χ3n) is 4.34. The number of carbonyl (C=O) groups excluding carboxylic acids is 1. The molecule has 0 aliphatic carbocycles. The molecule has 2 atom stereocenters. The Hall–Kier alpha value is -0.870. The molecule has 116 valence electrons. The van der Waals surface area contributed by atoms with E-state index in [1.807, 2.05) is 13.0 Å². The maximum Gasteiger partial charge on any atom is 0.224 e. The Labute approximate surface area is 136 Å². The van der Waals surface area contributed by atoms with Crippen LogP contribution >= 0.6 is 15.9 Å². The molecule has 1 aromatic carbocycles. The zero-order chi connectivity index (χ0) is 15.4. The first-order valence-corrected chi connectivity index (χ1v) is 8.54. The number of hydrogen-bond donors (Lipinski definition) is 2. The molecule has 3 nitrogen and oxygen atoms in total. The largest absolute Gasteiger partial charge is 0.325 e. The first-order chi connectivity index (χ1) is 9.97. The number of aryl methyl sites for hydroxylation is 2. The molecule has 0 radical (unpaired) electrons. The van der Waals surface area contributed by atoms with E-state index < -0.39 is 0 Å². The summed E-state index contributed by atoms with van der Waals surface area (Å²) < 4.78 is 0.959. The minimum absolute atomic E-state index is 0.112. The van der Waals surface area contributed by atoms with E-state index in [-0.39, 0.29) is 5.91 Å². The maximum atomic E-state index is 12.3. The predicted octanol–water partition coefficient (Wildman–Crippen LogP) is 4.03. The molecule has 0 saturated carbocycles. The van der Waals surface area contributed by atoms with Crippen molar-refractivity contribution < 1.29 is 4.79 Å². The van der Waals surface area contributed by atoms with E-state index in [4.69, 9.17) is 0 Å². The third kappa shape index (κ3) is 4.55. The van der Waals surface area contributed by atoms with E-state index in [1.165, 1.54) is 18.4 Å². The van der Waals surface area contributed by atoms with Crippen LogP contribution in [0.2, 0.25) is 0 Å². The molecule has 0 spiro atoms. The number of hydrogen-bond acceptors (Lipinski definition) is 2. The van der Waals surface area contributed by atoms with Crippen LogP contribution in [0.15, 0.2) is 16.6 Å². The number of rotatable bonds is 4. The smallest absolute Gasteiger partial charge is 0.224 e. The average Bonchev–Trinajstić information content (AvgIpc) is 2.43. The molecule has 1 aliphatic rings. The van der Waals surface area contributed by atoms with Crippen LogP contribution in [0.1, 0.15) is 37.3 Å². The Morgan fingerprint density at radius 3 is 2.86 bits per heavy atom. The Balaban J connectivity index is 1.95. The molecule has 0 aromatic heterocycles. The second-order valence-corrected chi connectivity index (χ2v) is 7.13. The molecule has 1 amide bonds. The van der Waals surface area contributed by atoms with Gasteiger partial charge in [-0.05, 0) is 84.7 Å². The first-order valence-electron chi connectivity index (χ1n) is 7.74. The number of benzene rings is 1. The van der Waals surface area contributed by atoms with Crippen molar-refractivity contribution >= 4 is 27.5 Å². The monoisotopic (exact) mass is 352 g/mol. The SMILES string of the molecule is Cc1cc(C)c(NC(=O)CC(C)C2CCCNC2)c(Br)c1. The van der Waals surface area contributed by atoms with Crippen LogP contribution in [0.25, 0.3) is 0 Å². The van der Waals surface area contributed by atoms with Gasteiger partial charge in [-0.25, -0.2) is 0 Å². The molecule has 2 rings (SSSR count). The van der Waals surface area contributed by atoms with E-state index in [0.29, 0.717) is 18.3 Å². The summed E-state index contributed by atoms with van der Waals surface area (Å²) in [7, 11) is 0. The van der Waals surface area contributed by atoms with Gasteiger partial charge < -0.3 is 10.6 Å². The lowest BCUT2D eigenvalue weighted by atomic mass is 9.85. The van der Waals surface area contributed by atoms with Crippen molar-refractivity contribution in [2.45, 2.75) is 40.0 Å². The number of halogens is 1. The van der Waals surface area contributed by atoms with Gasteiger partial charge in [0.05, 0.1) is 5.69 Å². The van der Waals surface area contributed by atoms with E-state index >= 15 is 0 Å². The quantitative estimate of drug-likeness (QED) is 0.858. The van der Waals surface area contributed by atoms with Crippen molar-refractivity contribution in [2.75, 3.05) is 18.4 Å². The van der Waals surface area contributed by atoms with E-state index in [1.54, 1.807) is 0 Å². The Morgan fingerprint density at radius 2 is 2.24 bits per heavy atom. The molecular formula is C17H25BrN2O. The van der Waals surface area contributed by atoms with Gasteiger partial charge in [0.1, 0.15) is 0 Å².